The maximum Gasteiger partial charge on any atom is 0.234 e. The largest absolute Gasteiger partial charge is 0.326 e. The SMILES string of the molecule is CCn1c(CC(=O)Nc2cc(C)cc(C)c2)nnc1SCC(=O)Nc1ccc(F)cc1F. The highest BCUT2D eigenvalue weighted by atomic mass is 32.2. The Balaban J connectivity index is 1.60. The van der Waals surface area contributed by atoms with Crippen LogP contribution in [0.5, 0.6) is 0 Å². The van der Waals surface area contributed by atoms with E-state index >= 15 is 0 Å². The summed E-state index contributed by atoms with van der Waals surface area (Å²) in [4.78, 5) is 24.6. The summed E-state index contributed by atoms with van der Waals surface area (Å²) in [6.45, 7) is 6.31. The molecule has 0 aliphatic heterocycles. The highest BCUT2D eigenvalue weighted by Gasteiger charge is 2.17. The third-order valence-corrected chi connectivity index (χ3v) is 5.44. The van der Waals surface area contributed by atoms with Gasteiger partial charge in [-0.25, -0.2) is 8.78 Å². The van der Waals surface area contributed by atoms with Gasteiger partial charge in [-0.1, -0.05) is 17.8 Å². The van der Waals surface area contributed by atoms with Crippen molar-refractivity contribution in [3.8, 4) is 0 Å². The second-order valence-corrected chi connectivity index (χ2v) is 8.15. The number of rotatable bonds is 8. The highest BCUT2D eigenvalue weighted by Crippen LogP contribution is 2.20. The van der Waals surface area contributed by atoms with Crippen LogP contribution >= 0.6 is 11.8 Å². The standard InChI is InChI=1S/C22H23F2N5O2S/c1-4-29-19(11-20(30)25-16-8-13(2)7-14(3)9-16)27-28-22(29)32-12-21(31)26-18-6-5-15(23)10-17(18)24/h5-10H,4,11-12H2,1-3H3,(H,25,30)(H,26,31). The van der Waals surface area contributed by atoms with Gasteiger partial charge in [0.2, 0.25) is 11.8 Å². The van der Waals surface area contributed by atoms with Crippen molar-refractivity contribution in [1.29, 1.82) is 0 Å². The number of benzene rings is 2. The number of nitrogens with one attached hydrogen (secondary N) is 2. The lowest BCUT2D eigenvalue weighted by Gasteiger charge is -2.09. The van der Waals surface area contributed by atoms with Crippen molar-refractivity contribution >= 4 is 35.0 Å². The number of carbonyl (C=O) groups is 2. The fourth-order valence-electron chi connectivity index (χ4n) is 3.18. The number of hydrogen-bond donors (Lipinski definition) is 2. The van der Waals surface area contributed by atoms with Gasteiger partial charge in [-0.2, -0.15) is 0 Å². The topological polar surface area (TPSA) is 88.9 Å². The van der Waals surface area contributed by atoms with Crippen LogP contribution in [0.1, 0.15) is 23.9 Å². The minimum absolute atomic E-state index is 0.0291. The van der Waals surface area contributed by atoms with Crippen LogP contribution in [-0.2, 0) is 22.6 Å². The fraction of sp³-hybridized carbons (Fsp3) is 0.273. The quantitative estimate of drug-likeness (QED) is 0.495. The second-order valence-electron chi connectivity index (χ2n) is 7.21. The van der Waals surface area contributed by atoms with Crippen molar-refractivity contribution in [1.82, 2.24) is 14.8 Å². The summed E-state index contributed by atoms with van der Waals surface area (Å²) >= 11 is 1.11. The second kappa shape index (κ2) is 10.4. The molecule has 1 heterocycles. The molecule has 0 spiro atoms. The molecule has 3 rings (SSSR count). The lowest BCUT2D eigenvalue weighted by Crippen LogP contribution is -2.18. The van der Waals surface area contributed by atoms with E-state index in [0.29, 0.717) is 29.3 Å². The number of hydrogen-bond acceptors (Lipinski definition) is 5. The average molecular weight is 460 g/mol. The molecular weight excluding hydrogens is 436 g/mol. The first kappa shape index (κ1) is 23.4. The van der Waals surface area contributed by atoms with Crippen LogP contribution in [0.15, 0.2) is 41.6 Å². The zero-order valence-corrected chi connectivity index (χ0v) is 18.7. The smallest absolute Gasteiger partial charge is 0.234 e. The van der Waals surface area contributed by atoms with E-state index in [1.54, 1.807) is 4.57 Å². The van der Waals surface area contributed by atoms with Crippen LogP contribution in [0.3, 0.4) is 0 Å². The molecule has 32 heavy (non-hydrogen) atoms. The lowest BCUT2D eigenvalue weighted by atomic mass is 10.1. The summed E-state index contributed by atoms with van der Waals surface area (Å²) < 4.78 is 28.4. The molecule has 0 saturated carbocycles. The molecule has 3 aromatic rings. The Bertz CT molecular complexity index is 1130. The Kier molecular flexibility index (Phi) is 7.57. The summed E-state index contributed by atoms with van der Waals surface area (Å²) in [5.41, 5.74) is 2.72. The van der Waals surface area contributed by atoms with Gasteiger partial charge in [0.1, 0.15) is 17.5 Å². The number of anilines is 2. The van der Waals surface area contributed by atoms with E-state index in [1.165, 1.54) is 0 Å². The van der Waals surface area contributed by atoms with Gasteiger partial charge in [0.05, 0.1) is 17.9 Å². The Labute approximate surface area is 188 Å². The maximum atomic E-state index is 13.7. The molecular formula is C22H23F2N5O2S. The van der Waals surface area contributed by atoms with E-state index in [0.717, 1.165) is 35.0 Å². The van der Waals surface area contributed by atoms with Crippen LogP contribution in [0.4, 0.5) is 20.2 Å². The van der Waals surface area contributed by atoms with E-state index in [1.807, 2.05) is 39.0 Å². The van der Waals surface area contributed by atoms with Crippen LogP contribution < -0.4 is 10.6 Å². The number of nitrogens with zero attached hydrogens (tertiary/aromatic N) is 3. The van der Waals surface area contributed by atoms with Gasteiger partial charge >= 0.3 is 0 Å². The number of halogens is 2. The number of thioether (sulfide) groups is 1. The summed E-state index contributed by atoms with van der Waals surface area (Å²) in [5, 5.41) is 13.9. The number of carbonyl (C=O) groups excluding carboxylic acids is 2. The minimum Gasteiger partial charge on any atom is -0.326 e. The zero-order valence-electron chi connectivity index (χ0n) is 17.9. The van der Waals surface area contributed by atoms with Crippen molar-refractivity contribution in [3.63, 3.8) is 0 Å². The predicted octanol–water partition coefficient (Wildman–Crippen LogP) is 4.11. The number of aromatic nitrogens is 3. The van der Waals surface area contributed by atoms with E-state index < -0.39 is 17.5 Å². The van der Waals surface area contributed by atoms with Gasteiger partial charge in [0.15, 0.2) is 5.16 Å². The zero-order chi connectivity index (χ0) is 23.3. The van der Waals surface area contributed by atoms with E-state index in [2.05, 4.69) is 20.8 Å². The molecule has 0 aliphatic rings. The maximum absolute atomic E-state index is 13.7. The van der Waals surface area contributed by atoms with Crippen LogP contribution in [-0.4, -0.2) is 32.3 Å². The summed E-state index contributed by atoms with van der Waals surface area (Å²) in [5.74, 6) is -1.85. The number of amides is 2. The lowest BCUT2D eigenvalue weighted by molar-refractivity contribution is -0.116. The van der Waals surface area contributed by atoms with E-state index in [9.17, 15) is 18.4 Å². The fourth-order valence-corrected chi connectivity index (χ4v) is 4.00. The third kappa shape index (κ3) is 6.13. The summed E-state index contributed by atoms with van der Waals surface area (Å²) in [6.07, 6.45) is 0.0291. The Morgan fingerprint density at radius 3 is 2.38 bits per heavy atom. The van der Waals surface area contributed by atoms with E-state index in [4.69, 9.17) is 0 Å². The van der Waals surface area contributed by atoms with Gasteiger partial charge in [-0.05, 0) is 56.2 Å². The number of aryl methyl sites for hydroxylation is 2. The monoisotopic (exact) mass is 459 g/mol. The van der Waals surface area contributed by atoms with Crippen LogP contribution in [0.25, 0.3) is 0 Å². The molecule has 0 atom stereocenters. The predicted molar refractivity (Wildman–Crippen MR) is 120 cm³/mol. The molecule has 168 valence electrons. The van der Waals surface area contributed by atoms with Crippen molar-refractivity contribution in [2.45, 2.75) is 38.9 Å². The molecule has 0 radical (unpaired) electrons. The highest BCUT2D eigenvalue weighted by molar-refractivity contribution is 7.99. The first-order chi connectivity index (χ1) is 15.2. The summed E-state index contributed by atoms with van der Waals surface area (Å²) in [6, 6.07) is 8.72. The van der Waals surface area contributed by atoms with Crippen molar-refractivity contribution < 1.29 is 18.4 Å². The molecule has 1 aromatic heterocycles. The average Bonchev–Trinajstić information content (AvgIpc) is 3.09. The molecule has 0 bridgehead atoms. The summed E-state index contributed by atoms with van der Waals surface area (Å²) in [7, 11) is 0. The van der Waals surface area contributed by atoms with Crippen molar-refractivity contribution in [3.05, 3.63) is 65.0 Å². The molecule has 2 amide bonds. The molecule has 0 aliphatic carbocycles. The molecule has 10 heteroatoms. The van der Waals surface area contributed by atoms with Crippen LogP contribution in [0, 0.1) is 25.5 Å². The Morgan fingerprint density at radius 1 is 1.00 bits per heavy atom. The van der Waals surface area contributed by atoms with Crippen LogP contribution in [0.2, 0.25) is 0 Å². The van der Waals surface area contributed by atoms with Gasteiger partial charge in [-0.3, -0.25) is 9.59 Å². The molecule has 0 saturated heterocycles. The molecule has 0 fully saturated rings. The van der Waals surface area contributed by atoms with Gasteiger partial charge < -0.3 is 15.2 Å². The third-order valence-electron chi connectivity index (χ3n) is 4.47. The molecule has 2 aromatic carbocycles. The van der Waals surface area contributed by atoms with Crippen molar-refractivity contribution in [2.75, 3.05) is 16.4 Å². The molecule has 7 nitrogen and oxygen atoms in total. The first-order valence-corrected chi connectivity index (χ1v) is 10.9. The molecule has 0 unspecified atom stereocenters. The Hall–Kier alpha value is -3.27. The molecule has 2 N–H and O–H groups in total. The van der Waals surface area contributed by atoms with Gasteiger partial charge in [0, 0.05) is 18.3 Å². The van der Waals surface area contributed by atoms with Gasteiger partial charge in [0.25, 0.3) is 0 Å². The minimum atomic E-state index is -0.850. The van der Waals surface area contributed by atoms with E-state index in [-0.39, 0.29) is 23.8 Å². The normalized spacial score (nSPS) is 10.8. The van der Waals surface area contributed by atoms with Gasteiger partial charge in [-0.15, -0.1) is 10.2 Å². The van der Waals surface area contributed by atoms with Crippen molar-refractivity contribution in [2.24, 2.45) is 0 Å². The first-order valence-electron chi connectivity index (χ1n) is 9.93. The Morgan fingerprint density at radius 2 is 1.72 bits per heavy atom.